The van der Waals surface area contributed by atoms with Crippen molar-refractivity contribution in [1.29, 1.82) is 0 Å². The van der Waals surface area contributed by atoms with Gasteiger partial charge in [-0.3, -0.25) is 0 Å². The SMILES string of the molecule is Cc1cc(CNC2CC2)cnc1-n1cc(C(F)(F)F)cn1. The van der Waals surface area contributed by atoms with Gasteiger partial charge in [0.25, 0.3) is 0 Å². The fraction of sp³-hybridized carbons (Fsp3) is 0.429. The topological polar surface area (TPSA) is 42.7 Å². The molecule has 2 heterocycles. The summed E-state index contributed by atoms with van der Waals surface area (Å²) >= 11 is 0. The smallest absolute Gasteiger partial charge is 0.310 e. The van der Waals surface area contributed by atoms with Gasteiger partial charge in [0, 0.05) is 25.0 Å². The van der Waals surface area contributed by atoms with Gasteiger partial charge in [-0.2, -0.15) is 18.3 Å². The predicted octanol–water partition coefficient (Wildman–Crippen LogP) is 2.85. The summed E-state index contributed by atoms with van der Waals surface area (Å²) in [5.74, 6) is 0.417. The molecule has 1 aliphatic rings. The highest BCUT2D eigenvalue weighted by atomic mass is 19.4. The van der Waals surface area contributed by atoms with Crippen molar-refractivity contribution in [3.63, 3.8) is 0 Å². The summed E-state index contributed by atoms with van der Waals surface area (Å²) in [6, 6.07) is 2.53. The Hall–Kier alpha value is -1.89. The number of pyridine rings is 1. The second-order valence-electron chi connectivity index (χ2n) is 5.31. The standard InChI is InChI=1S/C14H15F3N4/c1-9-4-10(5-18-12-2-3-12)6-19-13(9)21-8-11(7-20-21)14(15,16)17/h4,6-8,12,18H,2-3,5H2,1H3. The Morgan fingerprint density at radius 2 is 2.10 bits per heavy atom. The molecule has 0 amide bonds. The minimum atomic E-state index is -4.39. The molecule has 1 aliphatic carbocycles. The van der Waals surface area contributed by atoms with E-state index in [2.05, 4.69) is 15.4 Å². The van der Waals surface area contributed by atoms with Gasteiger partial charge in [0.2, 0.25) is 0 Å². The lowest BCUT2D eigenvalue weighted by Crippen LogP contribution is -2.16. The first-order valence-corrected chi connectivity index (χ1v) is 6.74. The predicted molar refractivity (Wildman–Crippen MR) is 71.0 cm³/mol. The summed E-state index contributed by atoms with van der Waals surface area (Å²) in [6.45, 7) is 2.55. The third-order valence-corrected chi connectivity index (χ3v) is 3.41. The molecule has 3 rings (SSSR count). The van der Waals surface area contributed by atoms with Gasteiger partial charge in [-0.15, -0.1) is 0 Å². The summed E-state index contributed by atoms with van der Waals surface area (Å²) in [7, 11) is 0. The average molecular weight is 296 g/mol. The van der Waals surface area contributed by atoms with Crippen molar-refractivity contribution in [2.24, 2.45) is 0 Å². The van der Waals surface area contributed by atoms with Crippen LogP contribution in [0.1, 0.15) is 29.5 Å². The van der Waals surface area contributed by atoms with E-state index in [-0.39, 0.29) is 0 Å². The number of hydrogen-bond donors (Lipinski definition) is 1. The van der Waals surface area contributed by atoms with Crippen molar-refractivity contribution < 1.29 is 13.2 Å². The average Bonchev–Trinajstić information content (AvgIpc) is 3.10. The molecule has 4 nitrogen and oxygen atoms in total. The van der Waals surface area contributed by atoms with Gasteiger partial charge in [0.15, 0.2) is 5.82 Å². The third-order valence-electron chi connectivity index (χ3n) is 3.41. The van der Waals surface area contributed by atoms with Crippen LogP contribution in [0, 0.1) is 6.92 Å². The van der Waals surface area contributed by atoms with Crippen LogP contribution in [-0.4, -0.2) is 20.8 Å². The second-order valence-corrected chi connectivity index (χ2v) is 5.31. The molecule has 0 saturated heterocycles. The first-order valence-electron chi connectivity index (χ1n) is 6.74. The van der Waals surface area contributed by atoms with Crippen LogP contribution in [0.3, 0.4) is 0 Å². The number of halogens is 3. The highest BCUT2D eigenvalue weighted by Gasteiger charge is 2.32. The van der Waals surface area contributed by atoms with Crippen molar-refractivity contribution >= 4 is 0 Å². The third kappa shape index (κ3) is 3.24. The van der Waals surface area contributed by atoms with E-state index >= 15 is 0 Å². The van der Waals surface area contributed by atoms with Crippen molar-refractivity contribution in [3.05, 3.63) is 41.3 Å². The molecule has 0 bridgehead atoms. The second kappa shape index (κ2) is 5.14. The van der Waals surface area contributed by atoms with E-state index in [0.717, 1.165) is 34.7 Å². The molecule has 0 radical (unpaired) electrons. The number of nitrogens with one attached hydrogen (secondary N) is 1. The van der Waals surface area contributed by atoms with Crippen LogP contribution in [0.25, 0.3) is 5.82 Å². The highest BCUT2D eigenvalue weighted by molar-refractivity contribution is 5.35. The van der Waals surface area contributed by atoms with E-state index in [9.17, 15) is 13.2 Å². The quantitative estimate of drug-likeness (QED) is 0.943. The molecule has 0 spiro atoms. The van der Waals surface area contributed by atoms with E-state index < -0.39 is 11.7 Å². The van der Waals surface area contributed by atoms with Gasteiger partial charge in [-0.25, -0.2) is 9.67 Å². The molecule has 0 aromatic carbocycles. The van der Waals surface area contributed by atoms with Crippen LogP contribution in [0.4, 0.5) is 13.2 Å². The zero-order valence-corrected chi connectivity index (χ0v) is 11.5. The molecular formula is C14H15F3N4. The molecule has 0 aliphatic heterocycles. The zero-order valence-electron chi connectivity index (χ0n) is 11.5. The lowest BCUT2D eigenvalue weighted by Gasteiger charge is -2.08. The molecule has 112 valence electrons. The molecule has 0 unspecified atom stereocenters. The Morgan fingerprint density at radius 3 is 2.67 bits per heavy atom. The fourth-order valence-corrected chi connectivity index (χ4v) is 2.10. The van der Waals surface area contributed by atoms with Crippen LogP contribution >= 0.6 is 0 Å². The molecule has 1 saturated carbocycles. The molecule has 0 atom stereocenters. The molecule has 1 N–H and O–H groups in total. The van der Waals surface area contributed by atoms with Crippen LogP contribution < -0.4 is 5.32 Å². The summed E-state index contributed by atoms with van der Waals surface area (Å²) < 4.78 is 38.9. The van der Waals surface area contributed by atoms with Crippen molar-refractivity contribution in [2.45, 2.75) is 38.5 Å². The van der Waals surface area contributed by atoms with Crippen molar-refractivity contribution in [2.75, 3.05) is 0 Å². The van der Waals surface area contributed by atoms with Gasteiger partial charge in [-0.1, -0.05) is 0 Å². The first-order chi connectivity index (χ1) is 9.93. The normalized spacial score (nSPS) is 15.4. The van der Waals surface area contributed by atoms with E-state index in [1.165, 1.54) is 12.8 Å². The molecular weight excluding hydrogens is 281 g/mol. The molecule has 21 heavy (non-hydrogen) atoms. The lowest BCUT2D eigenvalue weighted by molar-refractivity contribution is -0.137. The van der Waals surface area contributed by atoms with Gasteiger partial charge in [0.05, 0.1) is 11.8 Å². The maximum absolute atomic E-state index is 12.6. The Labute approximate surface area is 120 Å². The number of hydrogen-bond acceptors (Lipinski definition) is 3. The van der Waals surface area contributed by atoms with Gasteiger partial charge < -0.3 is 5.32 Å². The maximum Gasteiger partial charge on any atom is 0.419 e. The Bertz CT molecular complexity index is 644. The van der Waals surface area contributed by atoms with Gasteiger partial charge >= 0.3 is 6.18 Å². The largest absolute Gasteiger partial charge is 0.419 e. The number of nitrogens with zero attached hydrogens (tertiary/aromatic N) is 3. The lowest BCUT2D eigenvalue weighted by atomic mass is 10.2. The van der Waals surface area contributed by atoms with Crippen LogP contribution in [-0.2, 0) is 12.7 Å². The van der Waals surface area contributed by atoms with E-state index in [1.54, 1.807) is 6.20 Å². The van der Waals surface area contributed by atoms with Crippen LogP contribution in [0.15, 0.2) is 24.7 Å². The van der Waals surface area contributed by atoms with Crippen LogP contribution in [0.5, 0.6) is 0 Å². The van der Waals surface area contributed by atoms with E-state index in [4.69, 9.17) is 0 Å². The summed E-state index contributed by atoms with van der Waals surface area (Å²) in [6.07, 6.45) is 1.46. The van der Waals surface area contributed by atoms with Crippen LogP contribution in [0.2, 0.25) is 0 Å². The minimum Gasteiger partial charge on any atom is -0.310 e. The minimum absolute atomic E-state index is 0.417. The molecule has 7 heteroatoms. The van der Waals surface area contributed by atoms with Crippen molar-refractivity contribution in [1.82, 2.24) is 20.1 Å². The monoisotopic (exact) mass is 296 g/mol. The summed E-state index contributed by atoms with van der Waals surface area (Å²) in [4.78, 5) is 4.24. The molecule has 2 aromatic rings. The maximum atomic E-state index is 12.6. The highest BCUT2D eigenvalue weighted by Crippen LogP contribution is 2.29. The van der Waals surface area contributed by atoms with Crippen molar-refractivity contribution in [3.8, 4) is 5.82 Å². The Kier molecular flexibility index (Phi) is 3.44. The summed E-state index contributed by atoms with van der Waals surface area (Å²) in [5.41, 5.74) is 1.04. The van der Waals surface area contributed by atoms with E-state index in [1.807, 2.05) is 13.0 Å². The number of aryl methyl sites for hydroxylation is 1. The Balaban J connectivity index is 1.79. The number of rotatable bonds is 4. The van der Waals surface area contributed by atoms with Gasteiger partial charge in [-0.05, 0) is 37.0 Å². The zero-order chi connectivity index (χ0) is 15.0. The molecule has 1 fully saturated rings. The molecule has 2 aromatic heterocycles. The summed E-state index contributed by atoms with van der Waals surface area (Å²) in [5, 5.41) is 7.12. The number of aromatic nitrogens is 3. The number of alkyl halides is 3. The fourth-order valence-electron chi connectivity index (χ4n) is 2.10. The van der Waals surface area contributed by atoms with E-state index in [0.29, 0.717) is 11.9 Å². The Morgan fingerprint density at radius 1 is 1.33 bits per heavy atom. The van der Waals surface area contributed by atoms with Gasteiger partial charge in [0.1, 0.15) is 0 Å². The first kappa shape index (κ1) is 14.1.